The molecule has 1 aliphatic rings. The van der Waals surface area contributed by atoms with Gasteiger partial charge in [0.05, 0.1) is 18.8 Å². The summed E-state index contributed by atoms with van der Waals surface area (Å²) in [5.41, 5.74) is 0. The molecule has 0 aromatic rings. The molecule has 0 amide bonds. The summed E-state index contributed by atoms with van der Waals surface area (Å²) in [5.74, 6) is -0.252. The van der Waals surface area contributed by atoms with Crippen molar-refractivity contribution in [2.24, 2.45) is 5.92 Å². The van der Waals surface area contributed by atoms with Gasteiger partial charge < -0.3 is 4.74 Å². The van der Waals surface area contributed by atoms with Crippen molar-refractivity contribution in [3.63, 3.8) is 0 Å². The van der Waals surface area contributed by atoms with Crippen LogP contribution in [0.4, 0.5) is 0 Å². The van der Waals surface area contributed by atoms with Crippen molar-refractivity contribution in [1.82, 2.24) is 4.31 Å². The Labute approximate surface area is 90.4 Å². The SMILES string of the molecule is CCS(=O)(=O)N1CCC(C(=O)OC)CC1. The van der Waals surface area contributed by atoms with Crippen molar-refractivity contribution in [2.75, 3.05) is 26.0 Å². The third kappa shape index (κ3) is 2.92. The van der Waals surface area contributed by atoms with Gasteiger partial charge in [0.15, 0.2) is 0 Å². The first-order chi connectivity index (χ1) is 7.01. The number of nitrogens with zero attached hydrogens (tertiary/aromatic N) is 1. The summed E-state index contributed by atoms with van der Waals surface area (Å²) in [4.78, 5) is 11.2. The molecule has 1 fully saturated rings. The van der Waals surface area contributed by atoms with Gasteiger partial charge in [-0.05, 0) is 19.8 Å². The van der Waals surface area contributed by atoms with Gasteiger partial charge in [-0.2, -0.15) is 0 Å². The van der Waals surface area contributed by atoms with Crippen molar-refractivity contribution in [2.45, 2.75) is 19.8 Å². The van der Waals surface area contributed by atoms with Gasteiger partial charge in [0, 0.05) is 13.1 Å². The van der Waals surface area contributed by atoms with Crippen molar-refractivity contribution >= 4 is 16.0 Å². The Bertz CT molecular complexity index is 317. The number of hydrogen-bond acceptors (Lipinski definition) is 4. The average Bonchev–Trinajstić information content (AvgIpc) is 2.28. The topological polar surface area (TPSA) is 63.7 Å². The largest absolute Gasteiger partial charge is 0.469 e. The average molecular weight is 235 g/mol. The Kier molecular flexibility index (Phi) is 4.10. The molecule has 1 saturated heterocycles. The molecule has 15 heavy (non-hydrogen) atoms. The van der Waals surface area contributed by atoms with Gasteiger partial charge in [0.25, 0.3) is 0 Å². The van der Waals surface area contributed by atoms with Crippen LogP contribution in [0.1, 0.15) is 19.8 Å². The maximum Gasteiger partial charge on any atom is 0.308 e. The quantitative estimate of drug-likeness (QED) is 0.656. The van der Waals surface area contributed by atoms with Crippen LogP contribution in [0.15, 0.2) is 0 Å². The fourth-order valence-corrected chi connectivity index (χ4v) is 2.85. The Morgan fingerprint density at radius 2 is 1.93 bits per heavy atom. The second-order valence-corrected chi connectivity index (χ2v) is 5.85. The minimum absolute atomic E-state index is 0.121. The van der Waals surface area contributed by atoms with Crippen molar-refractivity contribution in [3.05, 3.63) is 0 Å². The van der Waals surface area contributed by atoms with Gasteiger partial charge in [-0.3, -0.25) is 4.79 Å². The molecular formula is C9H17NO4S. The van der Waals surface area contributed by atoms with Crippen molar-refractivity contribution in [1.29, 1.82) is 0 Å². The number of rotatable bonds is 3. The predicted octanol–water partition coefficient (Wildman–Crippen LogP) is 0.221. The third-order valence-corrected chi connectivity index (χ3v) is 4.63. The number of hydrogen-bond donors (Lipinski definition) is 0. The molecule has 0 aromatic heterocycles. The molecule has 0 atom stereocenters. The lowest BCUT2D eigenvalue weighted by Crippen LogP contribution is -2.41. The molecule has 1 aliphatic heterocycles. The van der Waals surface area contributed by atoms with Crippen LogP contribution in [0.25, 0.3) is 0 Å². The number of piperidine rings is 1. The molecule has 88 valence electrons. The summed E-state index contributed by atoms with van der Waals surface area (Å²) in [6.07, 6.45) is 1.12. The number of methoxy groups -OCH3 is 1. The lowest BCUT2D eigenvalue weighted by Gasteiger charge is -2.29. The number of carbonyl (C=O) groups is 1. The van der Waals surface area contributed by atoms with Gasteiger partial charge in [0.2, 0.25) is 10.0 Å². The maximum absolute atomic E-state index is 11.5. The lowest BCUT2D eigenvalue weighted by atomic mass is 9.99. The summed E-state index contributed by atoms with van der Waals surface area (Å²) in [7, 11) is -1.74. The third-order valence-electron chi connectivity index (χ3n) is 2.75. The minimum atomic E-state index is -3.10. The Morgan fingerprint density at radius 3 is 2.33 bits per heavy atom. The van der Waals surface area contributed by atoms with Crippen LogP contribution in [0.5, 0.6) is 0 Å². The van der Waals surface area contributed by atoms with E-state index in [-0.39, 0.29) is 17.6 Å². The van der Waals surface area contributed by atoms with Crippen molar-refractivity contribution in [3.8, 4) is 0 Å². The van der Waals surface area contributed by atoms with Gasteiger partial charge in [-0.15, -0.1) is 0 Å². The van der Waals surface area contributed by atoms with Crippen molar-refractivity contribution < 1.29 is 17.9 Å². The van der Waals surface area contributed by atoms with Crippen LogP contribution in [-0.4, -0.2) is 44.6 Å². The highest BCUT2D eigenvalue weighted by Crippen LogP contribution is 2.20. The monoisotopic (exact) mass is 235 g/mol. The summed E-state index contributed by atoms with van der Waals surface area (Å²) in [5, 5.41) is 0. The van der Waals surface area contributed by atoms with Gasteiger partial charge in [-0.25, -0.2) is 12.7 Å². The normalized spacial score (nSPS) is 20.1. The van der Waals surface area contributed by atoms with Gasteiger partial charge in [0.1, 0.15) is 0 Å². The molecule has 0 bridgehead atoms. The molecule has 0 spiro atoms. The molecule has 0 unspecified atom stereocenters. The van der Waals surface area contributed by atoms with E-state index in [0.717, 1.165) is 0 Å². The van der Waals surface area contributed by atoms with E-state index in [1.807, 2.05) is 0 Å². The van der Waals surface area contributed by atoms with Crippen LogP contribution < -0.4 is 0 Å². The molecule has 0 aromatic carbocycles. The Hall–Kier alpha value is -0.620. The molecule has 0 radical (unpaired) electrons. The highest BCUT2D eigenvalue weighted by atomic mass is 32.2. The first kappa shape index (κ1) is 12.4. The van der Waals surface area contributed by atoms with E-state index in [4.69, 9.17) is 0 Å². The van der Waals surface area contributed by atoms with E-state index < -0.39 is 10.0 Å². The molecule has 1 rings (SSSR count). The summed E-state index contributed by atoms with van der Waals surface area (Å²) >= 11 is 0. The van der Waals surface area contributed by atoms with E-state index in [2.05, 4.69) is 4.74 Å². The Balaban J connectivity index is 2.53. The lowest BCUT2D eigenvalue weighted by molar-refractivity contribution is -0.146. The van der Waals surface area contributed by atoms with E-state index in [1.165, 1.54) is 11.4 Å². The van der Waals surface area contributed by atoms with Gasteiger partial charge >= 0.3 is 5.97 Å². The number of ether oxygens (including phenoxy) is 1. The number of carbonyl (C=O) groups excluding carboxylic acids is 1. The molecule has 0 aliphatic carbocycles. The number of esters is 1. The molecule has 1 heterocycles. The minimum Gasteiger partial charge on any atom is -0.469 e. The summed E-state index contributed by atoms with van der Waals surface area (Å²) in [6, 6.07) is 0. The first-order valence-electron chi connectivity index (χ1n) is 5.07. The zero-order valence-corrected chi connectivity index (χ0v) is 9.92. The number of sulfonamides is 1. The van der Waals surface area contributed by atoms with Gasteiger partial charge in [-0.1, -0.05) is 0 Å². The highest BCUT2D eigenvalue weighted by Gasteiger charge is 2.30. The fourth-order valence-electron chi connectivity index (χ4n) is 1.72. The molecular weight excluding hydrogens is 218 g/mol. The summed E-state index contributed by atoms with van der Waals surface area (Å²) in [6.45, 7) is 2.48. The molecule has 5 nitrogen and oxygen atoms in total. The van der Waals surface area contributed by atoms with Crippen LogP contribution >= 0.6 is 0 Å². The van der Waals surface area contributed by atoms with Crippen LogP contribution in [0.3, 0.4) is 0 Å². The fraction of sp³-hybridized carbons (Fsp3) is 0.889. The second kappa shape index (κ2) is 4.94. The second-order valence-electron chi connectivity index (χ2n) is 3.60. The standard InChI is InChI=1S/C9H17NO4S/c1-3-15(12,13)10-6-4-8(5-7-10)9(11)14-2/h8H,3-7H2,1-2H3. The zero-order valence-electron chi connectivity index (χ0n) is 9.10. The first-order valence-corrected chi connectivity index (χ1v) is 6.67. The highest BCUT2D eigenvalue weighted by molar-refractivity contribution is 7.89. The smallest absolute Gasteiger partial charge is 0.308 e. The predicted molar refractivity (Wildman–Crippen MR) is 55.8 cm³/mol. The van der Waals surface area contributed by atoms with Crippen LogP contribution in [0.2, 0.25) is 0 Å². The van der Waals surface area contributed by atoms with Crippen LogP contribution in [0, 0.1) is 5.92 Å². The van der Waals surface area contributed by atoms with E-state index in [9.17, 15) is 13.2 Å². The van der Waals surface area contributed by atoms with Crippen LogP contribution in [-0.2, 0) is 19.6 Å². The van der Waals surface area contributed by atoms with E-state index in [0.29, 0.717) is 25.9 Å². The Morgan fingerprint density at radius 1 is 1.40 bits per heavy atom. The molecule has 0 N–H and O–H groups in total. The zero-order chi connectivity index (χ0) is 11.5. The van der Waals surface area contributed by atoms with E-state index in [1.54, 1.807) is 6.92 Å². The maximum atomic E-state index is 11.5. The summed E-state index contributed by atoms with van der Waals surface area (Å²) < 4.78 is 29.1. The molecule has 0 saturated carbocycles. The molecule has 6 heteroatoms. The van der Waals surface area contributed by atoms with E-state index >= 15 is 0 Å².